The van der Waals surface area contributed by atoms with Gasteiger partial charge in [-0.25, -0.2) is 0 Å². The number of carbonyl (C=O) groups excluding carboxylic acids is 1. The second-order valence-corrected chi connectivity index (χ2v) is 4.35. The minimum atomic E-state index is 0.0447. The Bertz CT molecular complexity index is 167. The van der Waals surface area contributed by atoms with E-state index in [4.69, 9.17) is 4.74 Å². The maximum Gasteiger partial charge on any atom is 0.216 e. The average molecular weight is 260 g/mol. The van der Waals surface area contributed by atoms with E-state index in [2.05, 4.69) is 37.9 Å². The molecule has 0 radical (unpaired) electrons. The van der Waals surface area contributed by atoms with Gasteiger partial charge in [0.2, 0.25) is 5.91 Å². The van der Waals surface area contributed by atoms with Gasteiger partial charge in [-0.3, -0.25) is 9.69 Å². The molecule has 0 spiro atoms. The van der Waals surface area contributed by atoms with Gasteiger partial charge in [-0.1, -0.05) is 40.5 Å². The summed E-state index contributed by atoms with van der Waals surface area (Å²) >= 11 is 0. The van der Waals surface area contributed by atoms with Gasteiger partial charge >= 0.3 is 0 Å². The highest BCUT2D eigenvalue weighted by Crippen LogP contribution is 1.94. The van der Waals surface area contributed by atoms with E-state index in [0.717, 1.165) is 39.4 Å². The van der Waals surface area contributed by atoms with Crippen LogP contribution in [0.2, 0.25) is 0 Å². The van der Waals surface area contributed by atoms with Crippen LogP contribution in [0.4, 0.5) is 0 Å². The summed E-state index contributed by atoms with van der Waals surface area (Å²) in [6.45, 7) is 15.3. The first-order chi connectivity index (χ1) is 8.62. The number of morpholine rings is 1. The molecule has 4 nitrogen and oxygen atoms in total. The minimum absolute atomic E-state index is 0.0447. The summed E-state index contributed by atoms with van der Waals surface area (Å²) in [5.41, 5.74) is 0. The predicted octanol–water partition coefficient (Wildman–Crippen LogP) is 2.29. The molecule has 1 aliphatic heterocycles. The Morgan fingerprint density at radius 1 is 1.11 bits per heavy atom. The van der Waals surface area contributed by atoms with Crippen LogP contribution in [0.5, 0.6) is 0 Å². The molecule has 0 unspecified atom stereocenters. The van der Waals surface area contributed by atoms with Crippen LogP contribution in [0.3, 0.4) is 0 Å². The number of carbonyl (C=O) groups is 1. The fraction of sp³-hybridized carbons (Fsp3) is 0.929. The fourth-order valence-electron chi connectivity index (χ4n) is 1.21. The SMILES string of the molecule is CC(=O)NCCN1CCOCC1.CCC.CCC. The van der Waals surface area contributed by atoms with Gasteiger partial charge in [0.15, 0.2) is 0 Å². The van der Waals surface area contributed by atoms with Gasteiger partial charge < -0.3 is 10.1 Å². The van der Waals surface area contributed by atoms with E-state index < -0.39 is 0 Å². The molecule has 1 amide bonds. The molecule has 1 rings (SSSR count). The molecule has 0 aromatic heterocycles. The molecule has 0 bridgehead atoms. The monoisotopic (exact) mass is 260 g/mol. The van der Waals surface area contributed by atoms with Crippen molar-refractivity contribution in [2.24, 2.45) is 0 Å². The number of hydrogen-bond acceptors (Lipinski definition) is 3. The Hall–Kier alpha value is -0.610. The molecular weight excluding hydrogens is 228 g/mol. The maximum atomic E-state index is 10.5. The standard InChI is InChI=1S/C8H16N2O2.2C3H8/c1-8(11)9-2-3-10-4-6-12-7-5-10;2*1-3-2/h2-7H2,1H3,(H,9,11);2*3H2,1-2H3. The van der Waals surface area contributed by atoms with E-state index in [9.17, 15) is 4.79 Å². The smallest absolute Gasteiger partial charge is 0.216 e. The highest BCUT2D eigenvalue weighted by Gasteiger charge is 2.08. The summed E-state index contributed by atoms with van der Waals surface area (Å²) in [6.07, 6.45) is 2.50. The molecule has 18 heavy (non-hydrogen) atoms. The van der Waals surface area contributed by atoms with Crippen molar-refractivity contribution >= 4 is 5.91 Å². The molecule has 1 saturated heterocycles. The van der Waals surface area contributed by atoms with Crippen molar-refractivity contribution in [3.63, 3.8) is 0 Å². The number of rotatable bonds is 3. The first-order valence-corrected chi connectivity index (χ1v) is 7.16. The van der Waals surface area contributed by atoms with Crippen molar-refractivity contribution in [3.05, 3.63) is 0 Å². The van der Waals surface area contributed by atoms with Crippen molar-refractivity contribution in [2.75, 3.05) is 39.4 Å². The number of amides is 1. The van der Waals surface area contributed by atoms with E-state index in [-0.39, 0.29) is 5.91 Å². The zero-order chi connectivity index (χ0) is 14.2. The Balaban J connectivity index is 0. The van der Waals surface area contributed by atoms with Crippen LogP contribution >= 0.6 is 0 Å². The molecule has 4 heteroatoms. The largest absolute Gasteiger partial charge is 0.379 e. The summed E-state index contributed by atoms with van der Waals surface area (Å²) in [7, 11) is 0. The lowest BCUT2D eigenvalue weighted by Gasteiger charge is -2.26. The third-order valence-corrected chi connectivity index (χ3v) is 1.91. The van der Waals surface area contributed by atoms with Crippen molar-refractivity contribution in [1.82, 2.24) is 10.2 Å². The fourth-order valence-corrected chi connectivity index (χ4v) is 1.21. The molecule has 0 aromatic rings. The summed E-state index contributed by atoms with van der Waals surface area (Å²) < 4.78 is 5.20. The van der Waals surface area contributed by atoms with Crippen molar-refractivity contribution in [2.45, 2.75) is 47.5 Å². The highest BCUT2D eigenvalue weighted by atomic mass is 16.5. The van der Waals surface area contributed by atoms with E-state index >= 15 is 0 Å². The first kappa shape index (κ1) is 19.7. The summed E-state index contributed by atoms with van der Waals surface area (Å²) in [5.74, 6) is 0.0447. The van der Waals surface area contributed by atoms with Crippen LogP contribution in [0.25, 0.3) is 0 Å². The van der Waals surface area contributed by atoms with Gasteiger partial charge in [-0.15, -0.1) is 0 Å². The second kappa shape index (κ2) is 16.4. The van der Waals surface area contributed by atoms with Crippen LogP contribution < -0.4 is 5.32 Å². The minimum Gasteiger partial charge on any atom is -0.379 e. The van der Waals surface area contributed by atoms with Crippen LogP contribution in [-0.4, -0.2) is 50.2 Å². The van der Waals surface area contributed by atoms with Gasteiger partial charge in [0, 0.05) is 33.1 Å². The zero-order valence-electron chi connectivity index (χ0n) is 12.9. The number of nitrogens with zero attached hydrogens (tertiary/aromatic N) is 1. The maximum absolute atomic E-state index is 10.5. The molecule has 0 saturated carbocycles. The Morgan fingerprint density at radius 3 is 1.94 bits per heavy atom. The van der Waals surface area contributed by atoms with Gasteiger partial charge in [0.05, 0.1) is 13.2 Å². The third-order valence-electron chi connectivity index (χ3n) is 1.91. The van der Waals surface area contributed by atoms with Crippen LogP contribution in [0.1, 0.15) is 47.5 Å². The highest BCUT2D eigenvalue weighted by molar-refractivity contribution is 5.72. The lowest BCUT2D eigenvalue weighted by Crippen LogP contribution is -2.40. The van der Waals surface area contributed by atoms with Gasteiger partial charge in [-0.05, 0) is 0 Å². The van der Waals surface area contributed by atoms with Gasteiger partial charge in [0.1, 0.15) is 0 Å². The number of ether oxygens (including phenoxy) is 1. The third kappa shape index (κ3) is 17.8. The Morgan fingerprint density at radius 2 is 1.56 bits per heavy atom. The summed E-state index contributed by atoms with van der Waals surface area (Å²) in [6, 6.07) is 0. The van der Waals surface area contributed by atoms with Crippen LogP contribution in [0, 0.1) is 0 Å². The summed E-state index contributed by atoms with van der Waals surface area (Å²) in [4.78, 5) is 12.8. The molecule has 110 valence electrons. The van der Waals surface area contributed by atoms with Crippen molar-refractivity contribution < 1.29 is 9.53 Å². The van der Waals surface area contributed by atoms with E-state index in [1.807, 2.05) is 0 Å². The lowest BCUT2D eigenvalue weighted by molar-refractivity contribution is -0.119. The Labute approximate surface area is 113 Å². The van der Waals surface area contributed by atoms with E-state index in [1.54, 1.807) is 6.92 Å². The molecule has 1 N–H and O–H groups in total. The average Bonchev–Trinajstić information content (AvgIpc) is 2.32. The van der Waals surface area contributed by atoms with E-state index in [0.29, 0.717) is 0 Å². The van der Waals surface area contributed by atoms with Crippen molar-refractivity contribution in [1.29, 1.82) is 0 Å². The molecule has 0 aliphatic carbocycles. The predicted molar refractivity (Wildman–Crippen MR) is 77.9 cm³/mol. The number of hydrogen-bond donors (Lipinski definition) is 1. The molecule has 1 fully saturated rings. The van der Waals surface area contributed by atoms with Crippen LogP contribution in [-0.2, 0) is 9.53 Å². The van der Waals surface area contributed by atoms with Gasteiger partial charge in [-0.2, -0.15) is 0 Å². The number of nitrogens with one attached hydrogen (secondary N) is 1. The zero-order valence-corrected chi connectivity index (χ0v) is 12.9. The quantitative estimate of drug-likeness (QED) is 0.846. The second-order valence-electron chi connectivity index (χ2n) is 4.35. The molecule has 1 aliphatic rings. The molecule has 1 heterocycles. The molecule has 0 atom stereocenters. The normalized spacial score (nSPS) is 14.7. The Kier molecular flexibility index (Phi) is 18.0. The first-order valence-electron chi connectivity index (χ1n) is 7.16. The van der Waals surface area contributed by atoms with Crippen molar-refractivity contribution in [3.8, 4) is 0 Å². The summed E-state index contributed by atoms with van der Waals surface area (Å²) in [5, 5.41) is 2.77. The molecular formula is C14H32N2O2. The molecule has 0 aromatic carbocycles. The topological polar surface area (TPSA) is 41.6 Å². The lowest BCUT2D eigenvalue weighted by atomic mass is 10.4. The van der Waals surface area contributed by atoms with E-state index in [1.165, 1.54) is 12.8 Å². The van der Waals surface area contributed by atoms with Crippen LogP contribution in [0.15, 0.2) is 0 Å². The van der Waals surface area contributed by atoms with Gasteiger partial charge in [0.25, 0.3) is 0 Å².